The van der Waals surface area contributed by atoms with E-state index in [1.807, 2.05) is 43.1 Å². The van der Waals surface area contributed by atoms with Crippen molar-refractivity contribution >= 4 is 23.4 Å². The normalized spacial score (nSPS) is 13.0. The molecular weight excluding hydrogens is 454 g/mol. The summed E-state index contributed by atoms with van der Waals surface area (Å²) in [6.45, 7) is 8.35. The van der Waals surface area contributed by atoms with E-state index in [-0.39, 0.29) is 24.1 Å². The summed E-state index contributed by atoms with van der Waals surface area (Å²) >= 11 is 0. The molecule has 0 unspecified atom stereocenters. The second kappa shape index (κ2) is 12.8. The van der Waals surface area contributed by atoms with E-state index in [0.717, 1.165) is 48.3 Å². The minimum absolute atomic E-state index is 0.0386. The molecule has 190 valence electrons. The third-order valence-corrected chi connectivity index (χ3v) is 6.09. The van der Waals surface area contributed by atoms with Gasteiger partial charge in [-0.25, -0.2) is 5.01 Å². The summed E-state index contributed by atoms with van der Waals surface area (Å²) in [4.78, 5) is 25.5. The summed E-state index contributed by atoms with van der Waals surface area (Å²) in [6, 6.07) is 11.2. The molecular formula is C28H35N5O3. The number of nitrogen functional groups attached to an aromatic ring is 1. The molecule has 0 saturated carbocycles. The molecule has 0 aliphatic carbocycles. The van der Waals surface area contributed by atoms with Crippen LogP contribution in [0.3, 0.4) is 0 Å². The standard InChI is InChI=1S/C28H35N5O3/c1-4-36-26(34)13-17-33(32-15-5-6-16-32)28(35)25-19-20(2)23(18-21(25)3)8-7-14-31-24-11-9-22(10-12-24)27(29)30/h9-12,18-19,31H,4-6,13-17H2,1-3H3,(H3,29,30). The van der Waals surface area contributed by atoms with Crippen LogP contribution in [0.25, 0.3) is 0 Å². The molecule has 0 spiro atoms. The Morgan fingerprint density at radius 1 is 1.14 bits per heavy atom. The highest BCUT2D eigenvalue weighted by molar-refractivity contribution is 5.96. The van der Waals surface area contributed by atoms with Crippen LogP contribution in [0.5, 0.6) is 0 Å². The number of amides is 1. The number of nitrogens with zero attached hydrogens (tertiary/aromatic N) is 2. The first-order valence-electron chi connectivity index (χ1n) is 12.3. The van der Waals surface area contributed by atoms with Crippen LogP contribution in [0.15, 0.2) is 36.4 Å². The van der Waals surface area contributed by atoms with Crippen LogP contribution < -0.4 is 11.1 Å². The third kappa shape index (κ3) is 7.09. The molecule has 1 aliphatic heterocycles. The van der Waals surface area contributed by atoms with Gasteiger partial charge in [0.1, 0.15) is 5.84 Å². The average molecular weight is 490 g/mol. The monoisotopic (exact) mass is 489 g/mol. The number of amidine groups is 1. The molecule has 1 heterocycles. The van der Waals surface area contributed by atoms with E-state index in [2.05, 4.69) is 17.2 Å². The van der Waals surface area contributed by atoms with Crippen LogP contribution in [0.4, 0.5) is 5.69 Å². The topological polar surface area (TPSA) is 112 Å². The largest absolute Gasteiger partial charge is 0.466 e. The maximum Gasteiger partial charge on any atom is 0.307 e. The zero-order valence-electron chi connectivity index (χ0n) is 21.3. The van der Waals surface area contributed by atoms with Gasteiger partial charge < -0.3 is 15.8 Å². The van der Waals surface area contributed by atoms with Crippen molar-refractivity contribution in [2.24, 2.45) is 5.73 Å². The molecule has 0 radical (unpaired) electrons. The van der Waals surface area contributed by atoms with Gasteiger partial charge in [-0.05, 0) is 81.1 Å². The lowest BCUT2D eigenvalue weighted by Crippen LogP contribution is -2.46. The van der Waals surface area contributed by atoms with Gasteiger partial charge in [0.25, 0.3) is 5.91 Å². The highest BCUT2D eigenvalue weighted by atomic mass is 16.5. The van der Waals surface area contributed by atoms with Crippen molar-refractivity contribution in [3.63, 3.8) is 0 Å². The summed E-state index contributed by atoms with van der Waals surface area (Å²) in [7, 11) is 0. The Morgan fingerprint density at radius 3 is 2.47 bits per heavy atom. The first-order valence-corrected chi connectivity index (χ1v) is 12.3. The SMILES string of the molecule is CCOC(=O)CCN(C(=O)c1cc(C)c(C#CCNc2ccc(C(=N)N)cc2)cc1C)N1CCCC1. The van der Waals surface area contributed by atoms with Gasteiger partial charge in [0, 0.05) is 42.0 Å². The lowest BCUT2D eigenvalue weighted by Gasteiger charge is -2.32. The van der Waals surface area contributed by atoms with Crippen molar-refractivity contribution in [1.29, 1.82) is 5.41 Å². The van der Waals surface area contributed by atoms with Crippen molar-refractivity contribution in [3.05, 3.63) is 64.2 Å². The van der Waals surface area contributed by atoms with Crippen LogP contribution in [-0.4, -0.2) is 60.5 Å². The molecule has 2 aromatic rings. The average Bonchev–Trinajstić information content (AvgIpc) is 3.38. The van der Waals surface area contributed by atoms with Crippen LogP contribution in [0.1, 0.15) is 58.8 Å². The lowest BCUT2D eigenvalue weighted by atomic mass is 9.99. The number of aryl methyl sites for hydroxylation is 2. The Kier molecular flexibility index (Phi) is 9.48. The van der Waals surface area contributed by atoms with Crippen molar-refractivity contribution < 1.29 is 14.3 Å². The number of esters is 1. The number of ether oxygens (including phenoxy) is 1. The van der Waals surface area contributed by atoms with Crippen LogP contribution in [-0.2, 0) is 9.53 Å². The van der Waals surface area contributed by atoms with Gasteiger partial charge in [-0.2, -0.15) is 0 Å². The quantitative estimate of drug-likeness (QED) is 0.215. The number of nitrogens with two attached hydrogens (primary N) is 1. The fourth-order valence-electron chi connectivity index (χ4n) is 4.12. The van der Waals surface area contributed by atoms with Crippen molar-refractivity contribution in [2.75, 3.05) is 38.1 Å². The number of carbonyl (C=O) groups excluding carboxylic acids is 2. The third-order valence-electron chi connectivity index (χ3n) is 6.09. The summed E-state index contributed by atoms with van der Waals surface area (Å²) in [5.41, 5.74) is 10.3. The number of hydrogen-bond acceptors (Lipinski definition) is 6. The molecule has 0 bridgehead atoms. The Bertz CT molecular complexity index is 1160. The summed E-state index contributed by atoms with van der Waals surface area (Å²) in [5.74, 6) is 5.97. The van der Waals surface area contributed by atoms with Crippen molar-refractivity contribution in [1.82, 2.24) is 10.0 Å². The molecule has 1 fully saturated rings. The maximum atomic E-state index is 13.5. The van der Waals surface area contributed by atoms with Gasteiger partial charge in [0.15, 0.2) is 0 Å². The molecule has 1 aliphatic rings. The van der Waals surface area contributed by atoms with E-state index < -0.39 is 0 Å². The van der Waals surface area contributed by atoms with Gasteiger partial charge >= 0.3 is 5.97 Å². The van der Waals surface area contributed by atoms with Crippen molar-refractivity contribution in [2.45, 2.75) is 40.0 Å². The fourth-order valence-corrected chi connectivity index (χ4v) is 4.12. The first kappa shape index (κ1) is 26.8. The van der Waals surface area contributed by atoms with E-state index in [1.54, 1.807) is 24.1 Å². The molecule has 8 nitrogen and oxygen atoms in total. The number of anilines is 1. The maximum absolute atomic E-state index is 13.5. The predicted molar refractivity (Wildman–Crippen MR) is 142 cm³/mol. The number of carbonyl (C=O) groups is 2. The molecule has 0 aromatic heterocycles. The fraction of sp³-hybridized carbons (Fsp3) is 0.393. The summed E-state index contributed by atoms with van der Waals surface area (Å²) in [5, 5.41) is 14.4. The molecule has 4 N–H and O–H groups in total. The zero-order chi connectivity index (χ0) is 26.1. The molecule has 1 saturated heterocycles. The van der Waals surface area contributed by atoms with Crippen LogP contribution in [0.2, 0.25) is 0 Å². The van der Waals surface area contributed by atoms with Crippen LogP contribution in [0, 0.1) is 31.1 Å². The second-order valence-corrected chi connectivity index (χ2v) is 8.77. The highest BCUT2D eigenvalue weighted by Crippen LogP contribution is 2.21. The minimum Gasteiger partial charge on any atom is -0.466 e. The smallest absolute Gasteiger partial charge is 0.307 e. The number of benzene rings is 2. The highest BCUT2D eigenvalue weighted by Gasteiger charge is 2.27. The first-order chi connectivity index (χ1) is 17.3. The number of nitrogens with one attached hydrogen (secondary N) is 2. The van der Waals surface area contributed by atoms with Crippen LogP contribution >= 0.6 is 0 Å². The number of rotatable bonds is 9. The zero-order valence-corrected chi connectivity index (χ0v) is 21.3. The van der Waals surface area contributed by atoms with E-state index >= 15 is 0 Å². The molecule has 36 heavy (non-hydrogen) atoms. The van der Waals surface area contributed by atoms with Gasteiger partial charge in [0.05, 0.1) is 19.6 Å². The summed E-state index contributed by atoms with van der Waals surface area (Å²) < 4.78 is 5.06. The van der Waals surface area contributed by atoms with Gasteiger partial charge in [-0.1, -0.05) is 11.8 Å². The molecule has 1 amide bonds. The molecule has 2 aromatic carbocycles. The Balaban J connectivity index is 1.69. The van der Waals surface area contributed by atoms with E-state index in [9.17, 15) is 9.59 Å². The molecule has 0 atom stereocenters. The van der Waals surface area contributed by atoms with E-state index in [1.165, 1.54) is 0 Å². The number of hydrazine groups is 1. The van der Waals surface area contributed by atoms with Gasteiger partial charge in [-0.15, -0.1) is 0 Å². The van der Waals surface area contributed by atoms with Gasteiger partial charge in [-0.3, -0.25) is 20.0 Å². The van der Waals surface area contributed by atoms with Crippen molar-refractivity contribution in [3.8, 4) is 11.8 Å². The molecule has 8 heteroatoms. The Labute approximate surface area is 213 Å². The molecule has 3 rings (SSSR count). The van der Waals surface area contributed by atoms with Gasteiger partial charge in [0.2, 0.25) is 0 Å². The Morgan fingerprint density at radius 2 is 1.83 bits per heavy atom. The number of hydrogen-bond donors (Lipinski definition) is 3. The Hall–Kier alpha value is -3.83. The minimum atomic E-state index is -0.295. The lowest BCUT2D eigenvalue weighted by molar-refractivity contribution is -0.144. The van der Waals surface area contributed by atoms with E-state index in [0.29, 0.717) is 30.8 Å². The second-order valence-electron chi connectivity index (χ2n) is 8.77. The van der Waals surface area contributed by atoms with E-state index in [4.69, 9.17) is 15.9 Å². The predicted octanol–water partition coefficient (Wildman–Crippen LogP) is 3.46. The summed E-state index contributed by atoms with van der Waals surface area (Å²) in [6.07, 6.45) is 2.23.